The monoisotopic (exact) mass is 466 g/mol. The maximum absolute atomic E-state index is 12.7. The standard InChI is InChI=1S/C25H42N2O6/c1-16-12-27(23(31)33-25(6,7)8)14-19(21(16)15-28)11-18-13-26(10-9-20(18)17(2)29)22(30)32-24(3,4)5/h15-16,18-21H,9-14H2,1-8H3/t16-,18+,19?,20+,21-/m0/s1. The van der Waals surface area contributed by atoms with Crippen LogP contribution in [0.4, 0.5) is 9.59 Å². The highest BCUT2D eigenvalue weighted by Gasteiger charge is 2.42. The van der Waals surface area contributed by atoms with Crippen LogP contribution < -0.4 is 0 Å². The Morgan fingerprint density at radius 3 is 1.88 bits per heavy atom. The first-order valence-electron chi connectivity index (χ1n) is 12.0. The molecule has 2 rings (SSSR count). The summed E-state index contributed by atoms with van der Waals surface area (Å²) in [5.41, 5.74) is -1.20. The summed E-state index contributed by atoms with van der Waals surface area (Å²) in [7, 11) is 0. The lowest BCUT2D eigenvalue weighted by Crippen LogP contribution is -2.52. The van der Waals surface area contributed by atoms with Crippen LogP contribution in [0.15, 0.2) is 0 Å². The lowest BCUT2D eigenvalue weighted by Gasteiger charge is -2.44. The summed E-state index contributed by atoms with van der Waals surface area (Å²) in [5.74, 6) is -0.517. The number of carbonyl (C=O) groups is 4. The molecule has 0 spiro atoms. The molecule has 5 atom stereocenters. The Hall–Kier alpha value is -2.12. The van der Waals surface area contributed by atoms with E-state index in [9.17, 15) is 19.2 Å². The zero-order chi connectivity index (χ0) is 25.1. The summed E-state index contributed by atoms with van der Waals surface area (Å²) in [6, 6.07) is 0. The van der Waals surface area contributed by atoms with Gasteiger partial charge in [-0.05, 0) is 79.1 Å². The van der Waals surface area contributed by atoms with E-state index in [0.717, 1.165) is 6.29 Å². The van der Waals surface area contributed by atoms with Gasteiger partial charge in [-0.25, -0.2) is 9.59 Å². The second kappa shape index (κ2) is 10.4. The van der Waals surface area contributed by atoms with Gasteiger partial charge >= 0.3 is 12.2 Å². The molecule has 2 amide bonds. The second-order valence-electron chi connectivity index (χ2n) is 11.8. The molecule has 0 aromatic carbocycles. The van der Waals surface area contributed by atoms with Crippen molar-refractivity contribution in [3.8, 4) is 0 Å². The molecule has 0 aromatic rings. The van der Waals surface area contributed by atoms with Crippen molar-refractivity contribution in [3.05, 3.63) is 0 Å². The van der Waals surface area contributed by atoms with E-state index in [1.165, 1.54) is 0 Å². The van der Waals surface area contributed by atoms with Crippen LogP contribution in [0, 0.1) is 29.6 Å². The lowest BCUT2D eigenvalue weighted by atomic mass is 9.71. The first-order chi connectivity index (χ1) is 15.1. The highest BCUT2D eigenvalue weighted by atomic mass is 16.6. The zero-order valence-electron chi connectivity index (χ0n) is 21.6. The summed E-state index contributed by atoms with van der Waals surface area (Å²) < 4.78 is 11.1. The molecule has 0 aliphatic carbocycles. The number of likely N-dealkylation sites (tertiary alicyclic amines) is 2. The molecule has 0 saturated carbocycles. The van der Waals surface area contributed by atoms with Crippen molar-refractivity contribution in [2.45, 2.75) is 79.4 Å². The molecule has 2 saturated heterocycles. The van der Waals surface area contributed by atoms with Gasteiger partial charge in [0.25, 0.3) is 0 Å². The van der Waals surface area contributed by atoms with E-state index in [4.69, 9.17) is 9.47 Å². The molecule has 0 bridgehead atoms. The summed E-state index contributed by atoms with van der Waals surface area (Å²) >= 11 is 0. The Morgan fingerprint density at radius 1 is 0.879 bits per heavy atom. The third-order valence-electron chi connectivity index (χ3n) is 6.49. The van der Waals surface area contributed by atoms with Crippen LogP contribution in [0.3, 0.4) is 0 Å². The molecule has 188 valence electrons. The Bertz CT molecular complexity index is 732. The van der Waals surface area contributed by atoms with E-state index in [1.54, 1.807) is 16.7 Å². The van der Waals surface area contributed by atoms with Crippen LogP contribution in [-0.4, -0.2) is 71.4 Å². The van der Waals surface area contributed by atoms with Crippen molar-refractivity contribution in [2.24, 2.45) is 29.6 Å². The molecule has 2 aliphatic heterocycles. The Kier molecular flexibility index (Phi) is 8.57. The van der Waals surface area contributed by atoms with E-state index in [0.29, 0.717) is 39.0 Å². The minimum atomic E-state index is -0.603. The molecule has 2 fully saturated rings. The van der Waals surface area contributed by atoms with Gasteiger partial charge in [-0.1, -0.05) is 6.92 Å². The highest BCUT2D eigenvalue weighted by Crippen LogP contribution is 2.37. The van der Waals surface area contributed by atoms with Crippen molar-refractivity contribution in [2.75, 3.05) is 26.2 Å². The third-order valence-corrected chi connectivity index (χ3v) is 6.49. The van der Waals surface area contributed by atoms with Crippen LogP contribution in [0.2, 0.25) is 0 Å². The van der Waals surface area contributed by atoms with Gasteiger partial charge in [0, 0.05) is 38.0 Å². The van der Waals surface area contributed by atoms with Gasteiger partial charge in [-0.2, -0.15) is 0 Å². The molecular weight excluding hydrogens is 424 g/mol. The molecule has 8 heteroatoms. The first-order valence-corrected chi connectivity index (χ1v) is 12.0. The number of carbonyl (C=O) groups excluding carboxylic acids is 4. The number of ether oxygens (including phenoxy) is 2. The van der Waals surface area contributed by atoms with Crippen LogP contribution in [-0.2, 0) is 19.1 Å². The minimum Gasteiger partial charge on any atom is -0.444 e. The zero-order valence-corrected chi connectivity index (χ0v) is 21.6. The molecule has 1 unspecified atom stereocenters. The van der Waals surface area contributed by atoms with Gasteiger partial charge in [-0.3, -0.25) is 4.79 Å². The fourth-order valence-corrected chi connectivity index (χ4v) is 5.05. The van der Waals surface area contributed by atoms with Gasteiger partial charge in [-0.15, -0.1) is 0 Å². The highest BCUT2D eigenvalue weighted by molar-refractivity contribution is 5.79. The number of amides is 2. The molecule has 0 N–H and O–H groups in total. The van der Waals surface area contributed by atoms with Gasteiger partial charge in [0.1, 0.15) is 23.3 Å². The number of piperidine rings is 2. The van der Waals surface area contributed by atoms with Crippen LogP contribution in [0.25, 0.3) is 0 Å². The Balaban J connectivity index is 2.19. The SMILES string of the molecule is CC(=O)[C@H]1CCN(C(=O)OC(C)(C)C)C[C@H]1CC1CN(C(=O)OC(C)(C)C)C[C@H](C)[C@@H]1C=O. The maximum Gasteiger partial charge on any atom is 0.410 e. The third kappa shape index (κ3) is 7.71. The normalized spacial score (nSPS) is 28.8. The predicted molar refractivity (Wildman–Crippen MR) is 125 cm³/mol. The quantitative estimate of drug-likeness (QED) is 0.578. The number of ketones is 1. The van der Waals surface area contributed by atoms with Crippen molar-refractivity contribution >= 4 is 24.3 Å². The number of aldehydes is 1. The number of hydrogen-bond acceptors (Lipinski definition) is 6. The fraction of sp³-hybridized carbons (Fsp3) is 0.840. The smallest absolute Gasteiger partial charge is 0.410 e. The summed E-state index contributed by atoms with van der Waals surface area (Å²) in [6.07, 6.45) is 1.37. The summed E-state index contributed by atoms with van der Waals surface area (Å²) in [5, 5.41) is 0. The van der Waals surface area contributed by atoms with Crippen molar-refractivity contribution in [3.63, 3.8) is 0 Å². The largest absolute Gasteiger partial charge is 0.444 e. The maximum atomic E-state index is 12.7. The average molecular weight is 467 g/mol. The number of hydrogen-bond donors (Lipinski definition) is 0. The van der Waals surface area contributed by atoms with E-state index < -0.39 is 11.2 Å². The van der Waals surface area contributed by atoms with Gasteiger partial charge in [0.2, 0.25) is 0 Å². The fourth-order valence-electron chi connectivity index (χ4n) is 5.05. The van der Waals surface area contributed by atoms with Gasteiger partial charge in [0.05, 0.1) is 0 Å². The first kappa shape index (κ1) is 27.1. The predicted octanol–water partition coefficient (Wildman–Crippen LogP) is 4.16. The molecule has 0 radical (unpaired) electrons. The number of rotatable bonds is 4. The summed E-state index contributed by atoms with van der Waals surface area (Å²) in [4.78, 5) is 53.1. The minimum absolute atomic E-state index is 0.0184. The van der Waals surface area contributed by atoms with E-state index >= 15 is 0 Å². The Morgan fingerprint density at radius 2 is 1.39 bits per heavy atom. The summed E-state index contributed by atoms with van der Waals surface area (Å²) in [6.45, 7) is 16.3. The van der Waals surface area contributed by atoms with Crippen LogP contribution in [0.1, 0.15) is 68.2 Å². The van der Waals surface area contributed by atoms with Crippen LogP contribution >= 0.6 is 0 Å². The second-order valence-corrected chi connectivity index (χ2v) is 11.8. The molecule has 2 aliphatic rings. The van der Waals surface area contributed by atoms with Crippen molar-refractivity contribution in [1.82, 2.24) is 9.80 Å². The van der Waals surface area contributed by atoms with Gasteiger partial charge in [0.15, 0.2) is 0 Å². The molecule has 33 heavy (non-hydrogen) atoms. The Labute approximate surface area is 198 Å². The molecular formula is C25H42N2O6. The van der Waals surface area contributed by atoms with Gasteiger partial charge < -0.3 is 24.1 Å². The molecule has 2 heterocycles. The van der Waals surface area contributed by atoms with Crippen LogP contribution in [0.5, 0.6) is 0 Å². The number of nitrogens with zero attached hydrogens (tertiary/aromatic N) is 2. The number of Topliss-reactive ketones (excluding diaryl/α,β-unsaturated/α-hetero) is 1. The van der Waals surface area contributed by atoms with E-state index in [2.05, 4.69) is 0 Å². The lowest BCUT2D eigenvalue weighted by molar-refractivity contribution is -0.125. The van der Waals surface area contributed by atoms with E-state index in [1.807, 2.05) is 48.5 Å². The topological polar surface area (TPSA) is 93.2 Å². The molecule has 8 nitrogen and oxygen atoms in total. The molecule has 0 aromatic heterocycles. The van der Waals surface area contributed by atoms with E-state index in [-0.39, 0.29) is 47.6 Å². The van der Waals surface area contributed by atoms with Crippen molar-refractivity contribution in [1.29, 1.82) is 0 Å². The van der Waals surface area contributed by atoms with Crippen molar-refractivity contribution < 1.29 is 28.7 Å². The average Bonchev–Trinajstić information content (AvgIpc) is 2.64.